The maximum Gasteiger partial charge on any atom is 0.257 e. The molecular weight excluding hydrogens is 450 g/mol. The van der Waals surface area contributed by atoms with Crippen molar-refractivity contribution in [2.24, 2.45) is 5.92 Å². The van der Waals surface area contributed by atoms with E-state index >= 15 is 0 Å². The lowest BCUT2D eigenvalue weighted by Crippen LogP contribution is -2.61. The number of amides is 1. The highest BCUT2D eigenvalue weighted by molar-refractivity contribution is 9.10. The summed E-state index contributed by atoms with van der Waals surface area (Å²) in [7, 11) is 0. The van der Waals surface area contributed by atoms with Crippen molar-refractivity contribution in [3.05, 3.63) is 50.9 Å². The Morgan fingerprint density at radius 2 is 2.22 bits per heavy atom. The van der Waals surface area contributed by atoms with Gasteiger partial charge in [-0.05, 0) is 53.6 Å². The van der Waals surface area contributed by atoms with Crippen molar-refractivity contribution in [2.75, 3.05) is 13.2 Å². The number of hydrogen-bond acceptors (Lipinski definition) is 6. The predicted octanol–water partition coefficient (Wildman–Crippen LogP) is 2.82. The van der Waals surface area contributed by atoms with Crippen molar-refractivity contribution in [2.45, 2.75) is 25.0 Å². The van der Waals surface area contributed by atoms with Gasteiger partial charge in [-0.3, -0.25) is 10.1 Å². The largest absolute Gasteiger partial charge is 0.396 e. The summed E-state index contributed by atoms with van der Waals surface area (Å²) in [5.74, 6) is -0.458. The van der Waals surface area contributed by atoms with Crippen molar-refractivity contribution >= 4 is 50.5 Å². The van der Waals surface area contributed by atoms with E-state index in [1.165, 1.54) is 11.3 Å². The minimum Gasteiger partial charge on any atom is -0.396 e. The highest BCUT2D eigenvalue weighted by Gasteiger charge is 2.47. The highest BCUT2D eigenvalue weighted by atomic mass is 79.9. The van der Waals surface area contributed by atoms with Gasteiger partial charge in [0.2, 0.25) is 0 Å². The summed E-state index contributed by atoms with van der Waals surface area (Å²) in [6, 6.07) is 8.85. The second-order valence-corrected chi connectivity index (χ2v) is 8.54. The van der Waals surface area contributed by atoms with Crippen molar-refractivity contribution in [1.29, 1.82) is 0 Å². The van der Waals surface area contributed by atoms with Crippen LogP contribution >= 0.6 is 39.5 Å². The van der Waals surface area contributed by atoms with Gasteiger partial charge in [-0.1, -0.05) is 18.2 Å². The van der Waals surface area contributed by atoms with Crippen LogP contribution in [-0.4, -0.2) is 40.4 Å². The van der Waals surface area contributed by atoms with E-state index in [1.807, 2.05) is 18.4 Å². The number of hydrogen-bond donors (Lipinski definition) is 3. The molecule has 0 aliphatic carbocycles. The van der Waals surface area contributed by atoms with Crippen molar-refractivity contribution in [3.8, 4) is 0 Å². The molecule has 2 unspecified atom stereocenters. The molecule has 0 saturated carbocycles. The zero-order valence-corrected chi connectivity index (χ0v) is 17.9. The molecule has 1 fully saturated rings. The molecule has 6 nitrogen and oxygen atoms in total. The molecule has 1 aliphatic rings. The predicted molar refractivity (Wildman–Crippen MR) is 112 cm³/mol. The summed E-state index contributed by atoms with van der Waals surface area (Å²) in [4.78, 5) is 16.9. The first-order valence-electron chi connectivity index (χ1n) is 8.47. The van der Waals surface area contributed by atoms with Crippen molar-refractivity contribution < 1.29 is 14.6 Å². The number of nitrogens with one attached hydrogen (secondary N) is 2. The van der Waals surface area contributed by atoms with Crippen LogP contribution in [0.2, 0.25) is 0 Å². The number of carbonyl (C=O) groups excluding carboxylic acids is 1. The number of thiocarbonyl (C=S) groups is 1. The molecule has 1 aromatic carbocycles. The molecule has 0 spiro atoms. The van der Waals surface area contributed by atoms with Crippen LogP contribution in [0.1, 0.15) is 28.7 Å². The molecule has 1 saturated heterocycles. The number of halogens is 1. The maximum absolute atomic E-state index is 12.4. The van der Waals surface area contributed by atoms with Gasteiger partial charge in [0.1, 0.15) is 15.1 Å². The van der Waals surface area contributed by atoms with Crippen LogP contribution in [0.25, 0.3) is 0 Å². The Hall–Kier alpha value is -1.39. The number of aliphatic hydroxyl groups is 1. The summed E-state index contributed by atoms with van der Waals surface area (Å²) < 4.78 is 6.59. The Bertz CT molecular complexity index is 817. The Balaban J connectivity index is 1.83. The van der Waals surface area contributed by atoms with E-state index in [1.54, 1.807) is 24.3 Å². The SMILES string of the molecule is C[C@H]1CC(CO)C(NC(=S)NC(=O)c2ccccc2)(c2nc(Br)cs2)CO1. The molecule has 3 N–H and O–H groups in total. The Labute approximate surface area is 175 Å². The molecular formula is C18H20BrN3O3S2. The van der Waals surface area contributed by atoms with Gasteiger partial charge in [-0.2, -0.15) is 0 Å². The zero-order chi connectivity index (χ0) is 19.4. The molecule has 1 aromatic heterocycles. The van der Waals surface area contributed by atoms with Gasteiger partial charge in [-0.25, -0.2) is 4.98 Å². The average Bonchev–Trinajstić information content (AvgIpc) is 3.10. The number of benzene rings is 1. The maximum atomic E-state index is 12.4. The Morgan fingerprint density at radius 3 is 2.85 bits per heavy atom. The lowest BCUT2D eigenvalue weighted by atomic mass is 9.79. The molecule has 144 valence electrons. The number of thiazole rings is 1. The molecule has 1 amide bonds. The van der Waals surface area contributed by atoms with Crippen LogP contribution < -0.4 is 10.6 Å². The number of carbonyl (C=O) groups is 1. The number of rotatable bonds is 4. The van der Waals surface area contributed by atoms with Crippen molar-refractivity contribution in [1.82, 2.24) is 15.6 Å². The van der Waals surface area contributed by atoms with Crippen LogP contribution in [0, 0.1) is 5.92 Å². The van der Waals surface area contributed by atoms with Gasteiger partial charge in [0, 0.05) is 23.5 Å². The van der Waals surface area contributed by atoms with E-state index in [4.69, 9.17) is 17.0 Å². The molecule has 1 aliphatic heterocycles. The molecule has 0 radical (unpaired) electrons. The molecule has 2 aromatic rings. The fourth-order valence-electron chi connectivity index (χ4n) is 3.18. The summed E-state index contributed by atoms with van der Waals surface area (Å²) in [6.07, 6.45) is 0.670. The third-order valence-corrected chi connectivity index (χ3v) is 6.52. The number of aliphatic hydroxyl groups excluding tert-OH is 1. The first-order valence-corrected chi connectivity index (χ1v) is 10.5. The first-order chi connectivity index (χ1) is 12.9. The lowest BCUT2D eigenvalue weighted by Gasteiger charge is -2.44. The summed E-state index contributed by atoms with van der Waals surface area (Å²) in [6.45, 7) is 2.22. The van der Waals surface area contributed by atoms with E-state index in [-0.39, 0.29) is 29.6 Å². The third kappa shape index (κ3) is 4.55. The molecule has 3 rings (SSSR count). The second-order valence-electron chi connectivity index (χ2n) is 6.46. The number of aromatic nitrogens is 1. The number of ether oxygens (including phenoxy) is 1. The fourth-order valence-corrected chi connectivity index (χ4v) is 4.93. The third-order valence-electron chi connectivity index (χ3n) is 4.59. The molecule has 9 heteroatoms. The van der Waals surface area contributed by atoms with Gasteiger partial charge >= 0.3 is 0 Å². The van der Waals surface area contributed by atoms with E-state index in [2.05, 4.69) is 31.5 Å². The normalized spacial score (nSPS) is 25.0. The van der Waals surface area contributed by atoms with Crippen LogP contribution in [0.3, 0.4) is 0 Å². The van der Waals surface area contributed by atoms with Gasteiger partial charge in [-0.15, -0.1) is 11.3 Å². The Morgan fingerprint density at radius 1 is 1.48 bits per heavy atom. The molecule has 0 bridgehead atoms. The van der Waals surface area contributed by atoms with E-state index in [0.717, 1.165) is 5.01 Å². The van der Waals surface area contributed by atoms with Crippen LogP contribution in [0.5, 0.6) is 0 Å². The fraction of sp³-hybridized carbons (Fsp3) is 0.389. The highest BCUT2D eigenvalue weighted by Crippen LogP contribution is 2.39. The van der Waals surface area contributed by atoms with E-state index < -0.39 is 5.54 Å². The Kier molecular flexibility index (Phi) is 6.59. The molecule has 27 heavy (non-hydrogen) atoms. The van der Waals surface area contributed by atoms with Crippen LogP contribution in [0.4, 0.5) is 0 Å². The van der Waals surface area contributed by atoms with E-state index in [9.17, 15) is 9.90 Å². The van der Waals surface area contributed by atoms with Gasteiger partial charge in [0.05, 0.1) is 12.7 Å². The zero-order valence-electron chi connectivity index (χ0n) is 14.6. The van der Waals surface area contributed by atoms with Gasteiger partial charge < -0.3 is 15.2 Å². The van der Waals surface area contributed by atoms with Gasteiger partial charge in [0.25, 0.3) is 5.91 Å². The minimum atomic E-state index is -0.807. The monoisotopic (exact) mass is 469 g/mol. The smallest absolute Gasteiger partial charge is 0.257 e. The summed E-state index contributed by atoms with van der Waals surface area (Å²) in [5, 5.41) is 18.8. The van der Waals surface area contributed by atoms with E-state index in [0.29, 0.717) is 23.2 Å². The topological polar surface area (TPSA) is 83.5 Å². The molecule has 3 atom stereocenters. The van der Waals surface area contributed by atoms with Gasteiger partial charge in [0.15, 0.2) is 5.11 Å². The standard InChI is InChI=1S/C18H20BrN3O3S2/c1-11-7-13(8-23)18(10-25-11,16-20-14(19)9-27-16)22-17(26)21-15(24)12-5-3-2-4-6-12/h2-6,9,11,13,23H,7-8,10H2,1H3,(H2,21,22,24,26)/t11-,13?,18?/m0/s1. The lowest BCUT2D eigenvalue weighted by molar-refractivity contribution is -0.0748. The number of nitrogens with zero attached hydrogens (tertiary/aromatic N) is 1. The average molecular weight is 470 g/mol. The summed E-state index contributed by atoms with van der Waals surface area (Å²) >= 11 is 10.2. The second kappa shape index (κ2) is 8.74. The van der Waals surface area contributed by atoms with Crippen molar-refractivity contribution in [3.63, 3.8) is 0 Å². The van der Waals surface area contributed by atoms with Crippen LogP contribution in [-0.2, 0) is 10.3 Å². The van der Waals surface area contributed by atoms with Crippen LogP contribution in [0.15, 0.2) is 40.3 Å². The first kappa shape index (κ1) is 20.3. The minimum absolute atomic E-state index is 0.0213. The quantitative estimate of drug-likeness (QED) is 0.597. The molecule has 2 heterocycles. The summed E-state index contributed by atoms with van der Waals surface area (Å²) in [5.41, 5.74) is -0.293.